The third kappa shape index (κ3) is 3.92. The Labute approximate surface area is 103 Å². The van der Waals surface area contributed by atoms with Crippen molar-refractivity contribution < 1.29 is 9.47 Å². The van der Waals surface area contributed by atoms with Gasteiger partial charge in [-0.1, -0.05) is 0 Å². The number of nitrogens with two attached hydrogens (primary N) is 1. The molecule has 0 spiro atoms. The van der Waals surface area contributed by atoms with Gasteiger partial charge in [0.05, 0.1) is 12.7 Å². The molecule has 1 heterocycles. The molecule has 0 aliphatic rings. The van der Waals surface area contributed by atoms with Gasteiger partial charge >= 0.3 is 0 Å². The first-order chi connectivity index (χ1) is 7.65. The number of nitrogens with one attached hydrogen (secondary N) is 1. The summed E-state index contributed by atoms with van der Waals surface area (Å²) in [4.78, 5) is 7.88. The normalized spacial score (nSPS) is 10.6. The van der Waals surface area contributed by atoms with Crippen LogP contribution < -0.4 is 16.0 Å². The van der Waals surface area contributed by atoms with Gasteiger partial charge in [-0.15, -0.1) is 0 Å². The second kappa shape index (κ2) is 6.62. The third-order valence-corrected chi connectivity index (χ3v) is 2.38. The number of hydrazine groups is 1. The van der Waals surface area contributed by atoms with Crippen LogP contribution in [0.3, 0.4) is 0 Å². The average molecular weight is 291 g/mol. The molecular formula is C9H15BrN4O2. The SMILES string of the molecule is CC(C)OCCOc1ncnc(NN)c1Br. The first kappa shape index (κ1) is 13.1. The monoisotopic (exact) mass is 290 g/mol. The van der Waals surface area contributed by atoms with E-state index in [0.29, 0.717) is 29.4 Å². The Balaban J connectivity index is 2.47. The van der Waals surface area contributed by atoms with E-state index in [4.69, 9.17) is 15.3 Å². The first-order valence-corrected chi connectivity index (χ1v) is 5.66. The number of rotatable bonds is 6. The van der Waals surface area contributed by atoms with E-state index in [-0.39, 0.29) is 6.10 Å². The second-order valence-corrected chi connectivity index (χ2v) is 4.05. The lowest BCUT2D eigenvalue weighted by atomic mass is 10.5. The van der Waals surface area contributed by atoms with Crippen LogP contribution in [0, 0.1) is 0 Å². The molecule has 1 aromatic heterocycles. The van der Waals surface area contributed by atoms with Gasteiger partial charge in [-0.3, -0.25) is 0 Å². The minimum atomic E-state index is 0.193. The van der Waals surface area contributed by atoms with Crippen LogP contribution in [0.15, 0.2) is 10.8 Å². The van der Waals surface area contributed by atoms with Gasteiger partial charge in [0.25, 0.3) is 0 Å². The Morgan fingerprint density at radius 2 is 2.19 bits per heavy atom. The van der Waals surface area contributed by atoms with Crippen LogP contribution in [-0.2, 0) is 4.74 Å². The van der Waals surface area contributed by atoms with Crippen LogP contribution in [0.4, 0.5) is 5.82 Å². The van der Waals surface area contributed by atoms with E-state index in [2.05, 4.69) is 31.3 Å². The fourth-order valence-corrected chi connectivity index (χ4v) is 1.41. The van der Waals surface area contributed by atoms with Crippen molar-refractivity contribution >= 4 is 21.7 Å². The Morgan fingerprint density at radius 1 is 1.44 bits per heavy atom. The maximum Gasteiger partial charge on any atom is 0.233 e. The molecule has 3 N–H and O–H groups in total. The predicted molar refractivity (Wildman–Crippen MR) is 64.1 cm³/mol. The molecule has 6 nitrogen and oxygen atoms in total. The van der Waals surface area contributed by atoms with Crippen molar-refractivity contribution in [3.8, 4) is 5.88 Å². The van der Waals surface area contributed by atoms with Crippen LogP contribution in [0.2, 0.25) is 0 Å². The zero-order valence-electron chi connectivity index (χ0n) is 9.24. The molecule has 0 saturated carbocycles. The molecular weight excluding hydrogens is 276 g/mol. The summed E-state index contributed by atoms with van der Waals surface area (Å²) >= 11 is 3.29. The molecule has 0 aliphatic carbocycles. The highest BCUT2D eigenvalue weighted by molar-refractivity contribution is 9.10. The van der Waals surface area contributed by atoms with Crippen molar-refractivity contribution in [3.05, 3.63) is 10.8 Å². The van der Waals surface area contributed by atoms with Gasteiger partial charge in [0.1, 0.15) is 17.4 Å². The van der Waals surface area contributed by atoms with Crippen LogP contribution in [0.25, 0.3) is 0 Å². The summed E-state index contributed by atoms with van der Waals surface area (Å²) in [6, 6.07) is 0. The quantitative estimate of drug-likeness (QED) is 0.467. The highest BCUT2D eigenvalue weighted by Crippen LogP contribution is 2.27. The zero-order chi connectivity index (χ0) is 12.0. The summed E-state index contributed by atoms with van der Waals surface area (Å²) in [7, 11) is 0. The summed E-state index contributed by atoms with van der Waals surface area (Å²) in [6.45, 7) is 4.88. The van der Waals surface area contributed by atoms with E-state index < -0.39 is 0 Å². The van der Waals surface area contributed by atoms with Crippen molar-refractivity contribution in [2.45, 2.75) is 20.0 Å². The number of hydrogen-bond acceptors (Lipinski definition) is 6. The van der Waals surface area contributed by atoms with Crippen LogP contribution in [-0.4, -0.2) is 29.3 Å². The predicted octanol–water partition coefficient (Wildman–Crippen LogP) is 1.33. The number of aromatic nitrogens is 2. The summed E-state index contributed by atoms with van der Waals surface area (Å²) in [5, 5.41) is 0. The van der Waals surface area contributed by atoms with Crippen molar-refractivity contribution in [1.29, 1.82) is 0 Å². The maximum absolute atomic E-state index is 5.41. The fraction of sp³-hybridized carbons (Fsp3) is 0.556. The number of halogens is 1. The van der Waals surface area contributed by atoms with E-state index in [1.165, 1.54) is 6.33 Å². The summed E-state index contributed by atoms with van der Waals surface area (Å²) in [6.07, 6.45) is 1.57. The van der Waals surface area contributed by atoms with Gasteiger partial charge in [0.2, 0.25) is 5.88 Å². The summed E-state index contributed by atoms with van der Waals surface area (Å²) in [5.41, 5.74) is 2.44. The molecule has 90 valence electrons. The van der Waals surface area contributed by atoms with E-state index in [0.717, 1.165) is 0 Å². The van der Waals surface area contributed by atoms with Crippen molar-refractivity contribution in [3.63, 3.8) is 0 Å². The third-order valence-electron chi connectivity index (χ3n) is 1.67. The maximum atomic E-state index is 5.41. The topological polar surface area (TPSA) is 82.3 Å². The lowest BCUT2D eigenvalue weighted by Gasteiger charge is -2.10. The standard InChI is InChI=1S/C9H15BrN4O2/c1-6(2)15-3-4-16-9-7(10)8(14-11)12-5-13-9/h5-6H,3-4,11H2,1-2H3,(H,12,13,14). The smallest absolute Gasteiger partial charge is 0.233 e. The molecule has 0 aliphatic heterocycles. The Morgan fingerprint density at radius 3 is 2.81 bits per heavy atom. The lowest BCUT2D eigenvalue weighted by molar-refractivity contribution is 0.0540. The Hall–Kier alpha value is -0.920. The largest absolute Gasteiger partial charge is 0.474 e. The highest BCUT2D eigenvalue weighted by Gasteiger charge is 2.08. The minimum absolute atomic E-state index is 0.193. The number of anilines is 1. The van der Waals surface area contributed by atoms with Gasteiger partial charge in [-0.25, -0.2) is 15.8 Å². The summed E-state index contributed by atoms with van der Waals surface area (Å²) in [5.74, 6) is 6.18. The summed E-state index contributed by atoms with van der Waals surface area (Å²) < 4.78 is 11.3. The van der Waals surface area contributed by atoms with E-state index in [1.54, 1.807) is 0 Å². The average Bonchev–Trinajstić information content (AvgIpc) is 2.26. The fourth-order valence-electron chi connectivity index (χ4n) is 0.977. The lowest BCUT2D eigenvalue weighted by Crippen LogP contribution is -2.13. The van der Waals surface area contributed by atoms with Gasteiger partial charge in [0, 0.05) is 0 Å². The van der Waals surface area contributed by atoms with Crippen molar-refractivity contribution in [2.75, 3.05) is 18.6 Å². The van der Waals surface area contributed by atoms with Crippen LogP contribution in [0.1, 0.15) is 13.8 Å². The molecule has 0 aromatic carbocycles. The molecule has 1 rings (SSSR count). The molecule has 0 radical (unpaired) electrons. The van der Waals surface area contributed by atoms with Crippen molar-refractivity contribution in [1.82, 2.24) is 9.97 Å². The van der Waals surface area contributed by atoms with Crippen molar-refractivity contribution in [2.24, 2.45) is 5.84 Å². The van der Waals surface area contributed by atoms with Crippen LogP contribution in [0.5, 0.6) is 5.88 Å². The van der Waals surface area contributed by atoms with E-state index >= 15 is 0 Å². The van der Waals surface area contributed by atoms with Gasteiger partial charge < -0.3 is 14.9 Å². The molecule has 7 heteroatoms. The molecule has 1 aromatic rings. The minimum Gasteiger partial charge on any atom is -0.474 e. The number of nitrogen functional groups attached to an aromatic ring is 1. The van der Waals surface area contributed by atoms with Gasteiger partial charge in [0.15, 0.2) is 5.82 Å². The van der Waals surface area contributed by atoms with E-state index in [1.807, 2.05) is 13.8 Å². The molecule has 0 saturated heterocycles. The second-order valence-electron chi connectivity index (χ2n) is 3.25. The zero-order valence-corrected chi connectivity index (χ0v) is 10.8. The Bertz CT molecular complexity index is 335. The van der Waals surface area contributed by atoms with Gasteiger partial charge in [-0.05, 0) is 29.8 Å². The molecule has 0 amide bonds. The molecule has 16 heavy (non-hydrogen) atoms. The molecule has 0 unspecified atom stereocenters. The van der Waals surface area contributed by atoms with E-state index in [9.17, 15) is 0 Å². The Kier molecular flexibility index (Phi) is 5.44. The number of hydrogen-bond donors (Lipinski definition) is 2. The van der Waals surface area contributed by atoms with Crippen LogP contribution >= 0.6 is 15.9 Å². The molecule has 0 fully saturated rings. The molecule has 0 bridgehead atoms. The highest BCUT2D eigenvalue weighted by atomic mass is 79.9. The number of ether oxygens (including phenoxy) is 2. The first-order valence-electron chi connectivity index (χ1n) is 4.86. The number of nitrogens with zero attached hydrogens (tertiary/aromatic N) is 2. The molecule has 0 atom stereocenters. The van der Waals surface area contributed by atoms with Gasteiger partial charge in [-0.2, -0.15) is 0 Å².